The van der Waals surface area contributed by atoms with E-state index in [2.05, 4.69) is 10.6 Å². The van der Waals surface area contributed by atoms with Crippen molar-refractivity contribution in [3.05, 3.63) is 29.8 Å². The Bertz CT molecular complexity index is 413. The third-order valence-electron chi connectivity index (χ3n) is 2.37. The zero-order valence-electron chi connectivity index (χ0n) is 10.0. The molecular weight excluding hydrogens is 242 g/mol. The van der Waals surface area contributed by atoms with Crippen LogP contribution in [0, 0.1) is 11.6 Å². The summed E-state index contributed by atoms with van der Waals surface area (Å²) in [6.07, 6.45) is 1.17. The first kappa shape index (κ1) is 14.4. The Hall–Kier alpha value is -1.69. The molecule has 1 aromatic rings. The smallest absolute Gasteiger partial charge is 0.319 e. The van der Waals surface area contributed by atoms with E-state index >= 15 is 0 Å². The maximum absolute atomic E-state index is 13.3. The molecule has 3 N–H and O–H groups in total. The van der Waals surface area contributed by atoms with E-state index in [4.69, 9.17) is 5.11 Å². The Morgan fingerprint density at radius 1 is 1.44 bits per heavy atom. The number of aliphatic hydroxyl groups excluding tert-OH is 1. The van der Waals surface area contributed by atoms with E-state index in [-0.39, 0.29) is 18.3 Å². The van der Waals surface area contributed by atoms with Crippen LogP contribution in [0.15, 0.2) is 18.2 Å². The van der Waals surface area contributed by atoms with E-state index in [9.17, 15) is 13.6 Å². The molecule has 0 saturated carbocycles. The third kappa shape index (κ3) is 4.29. The third-order valence-corrected chi connectivity index (χ3v) is 2.37. The topological polar surface area (TPSA) is 61.4 Å². The quantitative estimate of drug-likeness (QED) is 0.758. The van der Waals surface area contributed by atoms with E-state index in [1.54, 1.807) is 6.92 Å². The largest absolute Gasteiger partial charge is 0.396 e. The van der Waals surface area contributed by atoms with Gasteiger partial charge in [-0.3, -0.25) is 0 Å². The van der Waals surface area contributed by atoms with Gasteiger partial charge in [0.1, 0.15) is 0 Å². The number of rotatable bonds is 5. The summed E-state index contributed by atoms with van der Waals surface area (Å²) in [5.74, 6) is -2.10. The number of nitrogens with one attached hydrogen (secondary N) is 2. The van der Waals surface area contributed by atoms with Crippen molar-refractivity contribution in [1.29, 1.82) is 0 Å². The highest BCUT2D eigenvalue weighted by atomic mass is 19.2. The van der Waals surface area contributed by atoms with Crippen LogP contribution in [-0.4, -0.2) is 23.8 Å². The molecule has 1 unspecified atom stereocenters. The molecule has 0 spiro atoms. The second kappa shape index (κ2) is 6.90. The molecule has 0 radical (unpaired) electrons. The van der Waals surface area contributed by atoms with Crippen LogP contribution in [0.4, 0.5) is 19.3 Å². The molecule has 0 aromatic heterocycles. The first-order valence-corrected chi connectivity index (χ1v) is 5.67. The first-order chi connectivity index (χ1) is 8.54. The van der Waals surface area contributed by atoms with Gasteiger partial charge in [-0.15, -0.1) is 0 Å². The average molecular weight is 258 g/mol. The highest BCUT2D eigenvalue weighted by Crippen LogP contribution is 2.16. The van der Waals surface area contributed by atoms with Crippen LogP contribution in [0.3, 0.4) is 0 Å². The summed E-state index contributed by atoms with van der Waals surface area (Å²) in [5, 5.41) is 13.4. The van der Waals surface area contributed by atoms with Gasteiger partial charge < -0.3 is 15.7 Å². The first-order valence-electron chi connectivity index (χ1n) is 5.67. The maximum Gasteiger partial charge on any atom is 0.319 e. The summed E-state index contributed by atoms with van der Waals surface area (Å²) in [7, 11) is 0. The minimum Gasteiger partial charge on any atom is -0.396 e. The lowest BCUT2D eigenvalue weighted by Crippen LogP contribution is -2.36. The standard InChI is InChI=1S/C12H16F2N2O2/c1-8(4-3-7-17)15-12(18)16-10-6-2-5-9(13)11(10)14/h2,5-6,8,17H,3-4,7H2,1H3,(H2,15,16,18). The van der Waals surface area contributed by atoms with Gasteiger partial charge in [-0.2, -0.15) is 0 Å². The van der Waals surface area contributed by atoms with Gasteiger partial charge in [-0.1, -0.05) is 6.07 Å². The van der Waals surface area contributed by atoms with Gasteiger partial charge in [0.25, 0.3) is 0 Å². The van der Waals surface area contributed by atoms with Crippen molar-refractivity contribution >= 4 is 11.7 Å². The normalized spacial score (nSPS) is 12.0. The molecule has 2 amide bonds. The van der Waals surface area contributed by atoms with Gasteiger partial charge in [-0.05, 0) is 31.9 Å². The second-order valence-electron chi connectivity index (χ2n) is 3.97. The number of amides is 2. The van der Waals surface area contributed by atoms with E-state index in [1.807, 2.05) is 0 Å². The Kier molecular flexibility index (Phi) is 5.51. The van der Waals surface area contributed by atoms with Crippen LogP contribution in [0.5, 0.6) is 0 Å². The van der Waals surface area contributed by atoms with Gasteiger partial charge in [-0.25, -0.2) is 13.6 Å². The Labute approximate surface area is 104 Å². The van der Waals surface area contributed by atoms with Crippen molar-refractivity contribution in [2.24, 2.45) is 0 Å². The molecule has 0 saturated heterocycles. The highest BCUT2D eigenvalue weighted by molar-refractivity contribution is 5.89. The second-order valence-corrected chi connectivity index (χ2v) is 3.97. The number of hydrogen-bond acceptors (Lipinski definition) is 2. The van der Waals surface area contributed by atoms with Gasteiger partial charge >= 0.3 is 6.03 Å². The van der Waals surface area contributed by atoms with Crippen molar-refractivity contribution in [1.82, 2.24) is 5.32 Å². The summed E-state index contributed by atoms with van der Waals surface area (Å²) in [4.78, 5) is 11.5. The SMILES string of the molecule is CC(CCCO)NC(=O)Nc1cccc(F)c1F. The fourth-order valence-corrected chi connectivity index (χ4v) is 1.45. The molecule has 0 heterocycles. The number of carbonyl (C=O) groups excluding carboxylic acids is 1. The van der Waals surface area contributed by atoms with E-state index < -0.39 is 17.7 Å². The summed E-state index contributed by atoms with van der Waals surface area (Å²) in [6, 6.07) is 2.79. The average Bonchev–Trinajstić information content (AvgIpc) is 2.32. The molecule has 4 nitrogen and oxygen atoms in total. The minimum absolute atomic E-state index is 0.0478. The summed E-state index contributed by atoms with van der Waals surface area (Å²) in [5.41, 5.74) is -0.207. The molecule has 18 heavy (non-hydrogen) atoms. The molecule has 0 aliphatic heterocycles. The number of anilines is 1. The fourth-order valence-electron chi connectivity index (χ4n) is 1.45. The van der Waals surface area contributed by atoms with Crippen LogP contribution >= 0.6 is 0 Å². The van der Waals surface area contributed by atoms with E-state index in [0.29, 0.717) is 12.8 Å². The molecule has 0 fully saturated rings. The van der Waals surface area contributed by atoms with Gasteiger partial charge in [0.15, 0.2) is 11.6 Å². The summed E-state index contributed by atoms with van der Waals surface area (Å²) >= 11 is 0. The maximum atomic E-state index is 13.3. The van der Waals surface area contributed by atoms with Crippen molar-refractivity contribution in [2.45, 2.75) is 25.8 Å². The summed E-state index contributed by atoms with van der Waals surface area (Å²) < 4.78 is 26.1. The highest BCUT2D eigenvalue weighted by Gasteiger charge is 2.12. The lowest BCUT2D eigenvalue weighted by molar-refractivity contribution is 0.245. The van der Waals surface area contributed by atoms with Crippen LogP contribution < -0.4 is 10.6 Å². The minimum atomic E-state index is -1.09. The molecule has 1 rings (SSSR count). The van der Waals surface area contributed by atoms with Crippen LogP contribution in [0.1, 0.15) is 19.8 Å². The molecule has 6 heteroatoms. The molecule has 0 aliphatic rings. The predicted octanol–water partition coefficient (Wildman–Crippen LogP) is 2.25. The van der Waals surface area contributed by atoms with Crippen molar-refractivity contribution in [3.8, 4) is 0 Å². The lowest BCUT2D eigenvalue weighted by atomic mass is 10.2. The zero-order chi connectivity index (χ0) is 13.5. The van der Waals surface area contributed by atoms with E-state index in [0.717, 1.165) is 6.07 Å². The monoisotopic (exact) mass is 258 g/mol. The number of benzene rings is 1. The number of urea groups is 1. The van der Waals surface area contributed by atoms with Gasteiger partial charge in [0.05, 0.1) is 5.69 Å². The lowest BCUT2D eigenvalue weighted by Gasteiger charge is -2.14. The Morgan fingerprint density at radius 3 is 2.83 bits per heavy atom. The molecular formula is C12H16F2N2O2. The van der Waals surface area contributed by atoms with Crippen LogP contribution in [0.2, 0.25) is 0 Å². The molecule has 0 aliphatic carbocycles. The fraction of sp³-hybridized carbons (Fsp3) is 0.417. The summed E-state index contributed by atoms with van der Waals surface area (Å²) in [6.45, 7) is 1.81. The molecule has 100 valence electrons. The number of hydrogen-bond donors (Lipinski definition) is 3. The van der Waals surface area contributed by atoms with Crippen molar-refractivity contribution in [3.63, 3.8) is 0 Å². The predicted molar refractivity (Wildman–Crippen MR) is 64.3 cm³/mol. The van der Waals surface area contributed by atoms with Crippen molar-refractivity contribution in [2.75, 3.05) is 11.9 Å². The van der Waals surface area contributed by atoms with Crippen molar-refractivity contribution < 1.29 is 18.7 Å². The molecule has 1 atom stereocenters. The number of aliphatic hydroxyl groups is 1. The van der Waals surface area contributed by atoms with Crippen LogP contribution in [-0.2, 0) is 0 Å². The van der Waals surface area contributed by atoms with Gasteiger partial charge in [0, 0.05) is 12.6 Å². The van der Waals surface area contributed by atoms with E-state index in [1.165, 1.54) is 12.1 Å². The molecule has 0 bridgehead atoms. The zero-order valence-corrected chi connectivity index (χ0v) is 10.0. The number of carbonyl (C=O) groups is 1. The van der Waals surface area contributed by atoms with Gasteiger partial charge in [0.2, 0.25) is 0 Å². The Balaban J connectivity index is 2.52. The number of halogens is 2. The van der Waals surface area contributed by atoms with Crippen LogP contribution in [0.25, 0.3) is 0 Å². The molecule has 1 aromatic carbocycles. The Morgan fingerprint density at radius 2 is 2.17 bits per heavy atom.